The number of fused-ring (bicyclic) bond motifs is 9. The Hall–Kier alpha value is -11.1. The first kappa shape index (κ1) is 52.3. The maximum Gasteiger partial charge on any atom is 0.184 e. The van der Waals surface area contributed by atoms with E-state index in [1.807, 2.05) is 0 Å². The lowest BCUT2D eigenvalue weighted by Gasteiger charge is -2.35. The van der Waals surface area contributed by atoms with E-state index in [0.717, 1.165) is 55.4 Å². The summed E-state index contributed by atoms with van der Waals surface area (Å²) in [7, 11) is -6.37. The fourth-order valence-corrected chi connectivity index (χ4v) is 25.0. The summed E-state index contributed by atoms with van der Waals surface area (Å²) in [5.74, 6) is 0. The van der Waals surface area contributed by atoms with Crippen LogP contribution in [0.25, 0.3) is 99.2 Å². The van der Waals surface area contributed by atoms with Gasteiger partial charge in [-0.3, -0.25) is 0 Å². The van der Waals surface area contributed by atoms with Gasteiger partial charge in [-0.25, -0.2) is 0 Å². The average molecular weight is 1170 g/mol. The maximum absolute atomic E-state index is 7.09. The number of hydrogen-bond acceptors (Lipinski definition) is 1. The molecule has 0 fully saturated rings. The van der Waals surface area contributed by atoms with Crippen LogP contribution < -0.4 is 41.5 Å². The molecule has 17 rings (SSSR count). The molecule has 0 bridgehead atoms. The molecule has 0 unspecified atom stereocenters. The Bertz CT molecular complexity index is 5380. The zero-order chi connectivity index (χ0) is 58.9. The molecular formula is C84H58N2OSi2. The van der Waals surface area contributed by atoms with E-state index in [1.165, 1.54) is 85.3 Å². The highest BCUT2D eigenvalue weighted by Crippen LogP contribution is 2.38. The minimum absolute atomic E-state index is 0.898. The number of para-hydroxylation sites is 4. The van der Waals surface area contributed by atoms with E-state index in [-0.39, 0.29) is 0 Å². The van der Waals surface area contributed by atoms with Gasteiger partial charge in [-0.1, -0.05) is 297 Å². The summed E-state index contributed by atoms with van der Waals surface area (Å²) in [4.78, 5) is 0. The Morgan fingerprint density at radius 3 is 1.26 bits per heavy atom. The summed E-state index contributed by atoms with van der Waals surface area (Å²) in [6, 6.07) is 131. The molecule has 0 aliphatic heterocycles. The van der Waals surface area contributed by atoms with Crippen LogP contribution in [-0.2, 0) is 0 Å². The van der Waals surface area contributed by atoms with Gasteiger partial charge in [0.05, 0.1) is 22.1 Å². The van der Waals surface area contributed by atoms with E-state index in [9.17, 15) is 0 Å². The van der Waals surface area contributed by atoms with Crippen LogP contribution in [0.4, 0.5) is 0 Å². The van der Waals surface area contributed by atoms with Gasteiger partial charge >= 0.3 is 0 Å². The van der Waals surface area contributed by atoms with Gasteiger partial charge in [0, 0.05) is 43.7 Å². The molecule has 0 aliphatic carbocycles. The first-order chi connectivity index (χ1) is 44.2. The molecule has 0 saturated heterocycles. The van der Waals surface area contributed by atoms with Crippen molar-refractivity contribution in [2.24, 2.45) is 0 Å². The van der Waals surface area contributed by atoms with Gasteiger partial charge in [-0.05, 0) is 118 Å². The fourth-order valence-electron chi connectivity index (χ4n) is 15.0. The standard InChI is InChI=1S/C84H58N2OSi2/c1-6-27-59(28-7-1)61-31-22-40-68(55-61)88(65-34-10-3-11-35-65,69-41-23-32-62(56-69)60-29-8-2-9-30-60)70-42-24-33-63(57-70)85-76-47-19-16-43-71(76)75-58-64(53-54-78(75)85)86-77-48-20-17-45-74(77)83-79(86)49-26-51-81(83)89(66-36-12-4-13-37-66,67-38-14-5-15-39-67)82-52-25-46-73-72-44-18-21-50-80(72)87-84(73)82/h1-58H. The summed E-state index contributed by atoms with van der Waals surface area (Å²) in [5.41, 5.74) is 13.5. The molecule has 14 aromatic carbocycles. The number of rotatable bonds is 12. The number of hydrogen-bond donors (Lipinski definition) is 0. The Morgan fingerprint density at radius 1 is 0.225 bits per heavy atom. The van der Waals surface area contributed by atoms with Crippen molar-refractivity contribution in [3.63, 3.8) is 0 Å². The Kier molecular flexibility index (Phi) is 12.6. The average Bonchev–Trinajstić information content (AvgIpc) is 1.72. The van der Waals surface area contributed by atoms with Gasteiger partial charge in [-0.2, -0.15) is 0 Å². The Morgan fingerprint density at radius 2 is 0.629 bits per heavy atom. The Labute approximate surface area is 518 Å². The largest absolute Gasteiger partial charge is 0.456 e. The van der Waals surface area contributed by atoms with Crippen molar-refractivity contribution in [1.82, 2.24) is 9.13 Å². The summed E-state index contributed by atoms with van der Waals surface area (Å²) < 4.78 is 12.1. The lowest BCUT2D eigenvalue weighted by Crippen LogP contribution is -2.75. The van der Waals surface area contributed by atoms with Crippen molar-refractivity contribution in [2.75, 3.05) is 0 Å². The Balaban J connectivity index is 0.891. The minimum Gasteiger partial charge on any atom is -0.456 e. The molecule has 0 atom stereocenters. The lowest BCUT2D eigenvalue weighted by molar-refractivity contribution is 0.671. The molecule has 0 spiro atoms. The third-order valence-electron chi connectivity index (χ3n) is 18.8. The highest BCUT2D eigenvalue weighted by Gasteiger charge is 2.46. The monoisotopic (exact) mass is 1170 g/mol. The zero-order valence-corrected chi connectivity index (χ0v) is 50.8. The molecular weight excluding hydrogens is 1110 g/mol. The molecule has 17 aromatic rings. The van der Waals surface area contributed by atoms with E-state index in [1.54, 1.807) is 0 Å². The van der Waals surface area contributed by atoms with Crippen LogP contribution in [-0.4, -0.2) is 25.3 Å². The van der Waals surface area contributed by atoms with Crippen molar-refractivity contribution in [2.45, 2.75) is 0 Å². The van der Waals surface area contributed by atoms with Gasteiger partial charge in [0.1, 0.15) is 11.2 Å². The second-order valence-corrected chi connectivity index (χ2v) is 31.0. The number of aromatic nitrogens is 2. The van der Waals surface area contributed by atoms with Crippen LogP contribution >= 0.6 is 0 Å². The van der Waals surface area contributed by atoms with Gasteiger partial charge in [0.15, 0.2) is 16.1 Å². The molecule has 0 aliphatic rings. The zero-order valence-electron chi connectivity index (χ0n) is 48.8. The van der Waals surface area contributed by atoms with Crippen LogP contribution in [0.5, 0.6) is 0 Å². The quantitative estimate of drug-likeness (QED) is 0.0883. The third-order valence-corrected chi connectivity index (χ3v) is 28.3. The van der Waals surface area contributed by atoms with Gasteiger partial charge in [0.25, 0.3) is 0 Å². The fraction of sp³-hybridized carbons (Fsp3) is 0. The second kappa shape index (κ2) is 21.4. The van der Waals surface area contributed by atoms with Crippen molar-refractivity contribution < 1.29 is 4.42 Å². The van der Waals surface area contributed by atoms with Crippen molar-refractivity contribution in [3.8, 4) is 33.6 Å². The van der Waals surface area contributed by atoms with Crippen molar-refractivity contribution in [3.05, 3.63) is 352 Å². The first-order valence-electron chi connectivity index (χ1n) is 30.7. The SMILES string of the molecule is c1ccc(-c2cccc([Si](c3ccccc3)(c3cccc(-c4ccccc4)c3)c3cccc(-n4c5ccccc5c5cc(-n6c7ccccc7c7c([Si](c8ccccc8)(c8ccccc8)c8cccc9c8oc8ccccc89)cccc76)ccc54)c3)c2)cc1. The molecule has 418 valence electrons. The van der Waals surface area contributed by atoms with E-state index < -0.39 is 16.1 Å². The van der Waals surface area contributed by atoms with E-state index in [0.29, 0.717) is 0 Å². The van der Waals surface area contributed by atoms with Crippen LogP contribution in [0.2, 0.25) is 0 Å². The highest BCUT2D eigenvalue weighted by molar-refractivity contribution is 7.22. The van der Waals surface area contributed by atoms with Gasteiger partial charge < -0.3 is 13.6 Å². The molecule has 0 N–H and O–H groups in total. The summed E-state index contributed by atoms with van der Waals surface area (Å²) in [6.45, 7) is 0. The molecule has 0 saturated carbocycles. The van der Waals surface area contributed by atoms with Crippen molar-refractivity contribution >= 4 is 123 Å². The summed E-state index contributed by atoms with van der Waals surface area (Å²) >= 11 is 0. The third kappa shape index (κ3) is 8.24. The summed E-state index contributed by atoms with van der Waals surface area (Å²) in [5, 5.41) is 17.6. The molecule has 0 radical (unpaired) electrons. The van der Waals surface area contributed by atoms with Gasteiger partial charge in [0.2, 0.25) is 0 Å². The molecule has 3 nitrogen and oxygen atoms in total. The predicted octanol–water partition coefficient (Wildman–Crippen LogP) is 15.9. The van der Waals surface area contributed by atoms with Crippen molar-refractivity contribution in [1.29, 1.82) is 0 Å². The van der Waals surface area contributed by atoms with E-state index >= 15 is 0 Å². The summed E-state index contributed by atoms with van der Waals surface area (Å²) in [6.07, 6.45) is 0. The smallest absolute Gasteiger partial charge is 0.184 e. The number of benzene rings is 14. The molecule has 0 amide bonds. The minimum atomic E-state index is -3.24. The first-order valence-corrected chi connectivity index (χ1v) is 34.7. The highest BCUT2D eigenvalue weighted by atomic mass is 28.3. The lowest BCUT2D eigenvalue weighted by atomic mass is 10.1. The predicted molar refractivity (Wildman–Crippen MR) is 381 cm³/mol. The number of nitrogens with zero attached hydrogens (tertiary/aromatic N) is 2. The number of furan rings is 1. The van der Waals surface area contributed by atoms with Crippen LogP contribution in [0.15, 0.2) is 356 Å². The van der Waals surface area contributed by atoms with E-state index in [4.69, 9.17) is 4.42 Å². The molecule has 5 heteroatoms. The maximum atomic E-state index is 7.09. The van der Waals surface area contributed by atoms with Crippen LogP contribution in [0.3, 0.4) is 0 Å². The molecule has 3 aromatic heterocycles. The van der Waals surface area contributed by atoms with E-state index in [2.05, 4.69) is 361 Å². The second-order valence-electron chi connectivity index (χ2n) is 23.4. The van der Waals surface area contributed by atoms with Crippen LogP contribution in [0.1, 0.15) is 0 Å². The topological polar surface area (TPSA) is 23.0 Å². The molecule has 3 heterocycles. The molecule has 89 heavy (non-hydrogen) atoms. The normalized spacial score (nSPS) is 12.0. The van der Waals surface area contributed by atoms with Crippen LogP contribution in [0, 0.1) is 0 Å². The van der Waals surface area contributed by atoms with Gasteiger partial charge in [-0.15, -0.1) is 0 Å².